The van der Waals surface area contributed by atoms with Gasteiger partial charge in [0, 0.05) is 56.1 Å². The van der Waals surface area contributed by atoms with Gasteiger partial charge in [0.15, 0.2) is 0 Å². The van der Waals surface area contributed by atoms with E-state index in [1.807, 2.05) is 13.8 Å². The summed E-state index contributed by atoms with van der Waals surface area (Å²) in [7, 11) is 0. The molecule has 0 bridgehead atoms. The highest BCUT2D eigenvalue weighted by Crippen LogP contribution is 2.29. The van der Waals surface area contributed by atoms with E-state index in [4.69, 9.17) is 5.73 Å². The number of unbranched alkanes of at least 4 members (excludes halogenated alkanes) is 1. The van der Waals surface area contributed by atoms with Crippen molar-refractivity contribution in [2.24, 2.45) is 11.1 Å². The number of amides is 2. The number of halogens is 3. The first-order chi connectivity index (χ1) is 17.5. The molecule has 1 saturated heterocycles. The van der Waals surface area contributed by atoms with Crippen molar-refractivity contribution in [3.05, 3.63) is 41.7 Å². The first-order valence-corrected chi connectivity index (χ1v) is 12.0. The quantitative estimate of drug-likeness (QED) is 0.455. The Hall–Kier alpha value is -3.77. The van der Waals surface area contributed by atoms with Crippen LogP contribution in [0.5, 0.6) is 0 Å². The molecule has 0 spiro atoms. The van der Waals surface area contributed by atoms with E-state index < -0.39 is 23.1 Å². The zero-order valence-electron chi connectivity index (χ0n) is 20.7. The second kappa shape index (κ2) is 10.3. The van der Waals surface area contributed by atoms with Crippen LogP contribution in [0.3, 0.4) is 0 Å². The number of nitrogens with two attached hydrogens (primary N) is 1. The Balaban J connectivity index is 1.26. The van der Waals surface area contributed by atoms with E-state index in [-0.39, 0.29) is 11.9 Å². The van der Waals surface area contributed by atoms with Gasteiger partial charge in [-0.2, -0.15) is 13.2 Å². The smallest absolute Gasteiger partial charge is 0.366 e. The Kier molecular flexibility index (Phi) is 7.32. The van der Waals surface area contributed by atoms with Crippen LogP contribution in [0.25, 0.3) is 11.0 Å². The summed E-state index contributed by atoms with van der Waals surface area (Å²) < 4.78 is 40.0. The number of hydrogen-bond donors (Lipinski definition) is 1. The molecule has 2 amide bonds. The van der Waals surface area contributed by atoms with Gasteiger partial charge in [0.05, 0.1) is 11.1 Å². The van der Waals surface area contributed by atoms with Gasteiger partial charge in [-0.15, -0.1) is 5.10 Å². The van der Waals surface area contributed by atoms with E-state index in [1.54, 1.807) is 32.7 Å². The number of aromatic nitrogens is 5. The van der Waals surface area contributed by atoms with Crippen molar-refractivity contribution < 1.29 is 22.8 Å². The van der Waals surface area contributed by atoms with Crippen LogP contribution in [0.1, 0.15) is 49.0 Å². The molecule has 0 atom stereocenters. The van der Waals surface area contributed by atoms with Crippen LogP contribution in [-0.2, 0) is 17.5 Å². The molecule has 4 rings (SSSR count). The molecule has 0 radical (unpaired) electrons. The molecule has 198 valence electrons. The molecule has 3 aromatic rings. The van der Waals surface area contributed by atoms with Gasteiger partial charge in [0.25, 0.3) is 0 Å². The van der Waals surface area contributed by atoms with E-state index in [9.17, 15) is 22.8 Å². The molecular formula is C24H29F3N8O2. The summed E-state index contributed by atoms with van der Waals surface area (Å²) >= 11 is 0. The van der Waals surface area contributed by atoms with E-state index in [0.29, 0.717) is 50.2 Å². The van der Waals surface area contributed by atoms with Crippen molar-refractivity contribution in [1.29, 1.82) is 0 Å². The Morgan fingerprint density at radius 3 is 2.32 bits per heavy atom. The third kappa shape index (κ3) is 5.97. The molecule has 37 heavy (non-hydrogen) atoms. The molecule has 10 nitrogen and oxygen atoms in total. The number of primary amides is 1. The van der Waals surface area contributed by atoms with Crippen LogP contribution in [0.4, 0.5) is 19.1 Å². The Morgan fingerprint density at radius 2 is 1.70 bits per heavy atom. The molecule has 1 aliphatic rings. The van der Waals surface area contributed by atoms with Crippen LogP contribution in [-0.4, -0.2) is 67.9 Å². The zero-order valence-corrected chi connectivity index (χ0v) is 20.7. The highest BCUT2D eigenvalue weighted by molar-refractivity contribution is 5.96. The molecule has 2 aromatic heterocycles. The van der Waals surface area contributed by atoms with Crippen molar-refractivity contribution in [1.82, 2.24) is 29.9 Å². The number of benzene rings is 1. The SMILES string of the molecule is CC(C)(CCCCn1nnc2ccc(C(N)=O)cc21)C(=O)N1CCN(c2ncc(C(F)(F)F)cn2)CC1. The van der Waals surface area contributed by atoms with Gasteiger partial charge < -0.3 is 15.5 Å². The number of carbonyl (C=O) groups excluding carboxylic acids is 2. The molecule has 2 N–H and O–H groups in total. The van der Waals surface area contributed by atoms with Gasteiger partial charge in [-0.1, -0.05) is 25.5 Å². The molecule has 1 aromatic carbocycles. The van der Waals surface area contributed by atoms with E-state index >= 15 is 0 Å². The second-order valence-corrected chi connectivity index (χ2v) is 9.77. The molecule has 1 aliphatic heterocycles. The fourth-order valence-corrected chi connectivity index (χ4v) is 4.39. The molecule has 0 unspecified atom stereocenters. The van der Waals surface area contributed by atoms with Crippen LogP contribution in [0, 0.1) is 5.41 Å². The second-order valence-electron chi connectivity index (χ2n) is 9.77. The average Bonchev–Trinajstić information content (AvgIpc) is 3.28. The van der Waals surface area contributed by atoms with Crippen LogP contribution in [0.15, 0.2) is 30.6 Å². The lowest BCUT2D eigenvalue weighted by molar-refractivity contribution is -0.141. The Morgan fingerprint density at radius 1 is 1.03 bits per heavy atom. The lowest BCUT2D eigenvalue weighted by Gasteiger charge is -2.38. The minimum atomic E-state index is -4.48. The summed E-state index contributed by atoms with van der Waals surface area (Å²) in [5.41, 5.74) is 5.72. The number of piperazine rings is 1. The molecule has 13 heteroatoms. The van der Waals surface area contributed by atoms with Gasteiger partial charge in [0.2, 0.25) is 17.8 Å². The summed E-state index contributed by atoms with van der Waals surface area (Å²) in [5, 5.41) is 8.27. The van der Waals surface area contributed by atoms with Crippen molar-refractivity contribution in [2.75, 3.05) is 31.1 Å². The van der Waals surface area contributed by atoms with Crippen molar-refractivity contribution in [3.8, 4) is 0 Å². The summed E-state index contributed by atoms with van der Waals surface area (Å²) in [6.07, 6.45) is -0.687. The maximum Gasteiger partial charge on any atom is 0.419 e. The van der Waals surface area contributed by atoms with Crippen LogP contribution in [0.2, 0.25) is 0 Å². The van der Waals surface area contributed by atoms with Gasteiger partial charge in [-0.05, 0) is 31.0 Å². The molecule has 1 fully saturated rings. The normalized spacial score (nSPS) is 14.8. The van der Waals surface area contributed by atoms with E-state index in [1.165, 1.54) is 0 Å². The number of nitrogens with zero attached hydrogens (tertiary/aromatic N) is 7. The summed E-state index contributed by atoms with van der Waals surface area (Å²) in [5.74, 6) is -0.247. The Labute approximate surface area is 211 Å². The first kappa shape index (κ1) is 26.3. The molecule has 0 saturated carbocycles. The Bertz CT molecular complexity index is 1270. The number of anilines is 1. The topological polar surface area (TPSA) is 123 Å². The van der Waals surface area contributed by atoms with Gasteiger partial charge in [-0.25, -0.2) is 14.6 Å². The number of rotatable bonds is 8. The lowest BCUT2D eigenvalue weighted by Crippen LogP contribution is -2.52. The zero-order chi connectivity index (χ0) is 26.8. The number of alkyl halides is 3. The summed E-state index contributed by atoms with van der Waals surface area (Å²) in [4.78, 5) is 35.9. The van der Waals surface area contributed by atoms with Gasteiger partial charge in [-0.3, -0.25) is 9.59 Å². The fourth-order valence-electron chi connectivity index (χ4n) is 4.39. The predicted octanol–water partition coefficient (Wildman–Crippen LogP) is 2.88. The fraction of sp³-hybridized carbons (Fsp3) is 0.500. The average molecular weight is 519 g/mol. The maximum atomic E-state index is 13.2. The first-order valence-electron chi connectivity index (χ1n) is 12.0. The third-order valence-corrected chi connectivity index (χ3v) is 6.61. The van der Waals surface area contributed by atoms with Crippen LogP contribution < -0.4 is 10.6 Å². The number of fused-ring (bicyclic) bond motifs is 1. The van der Waals surface area contributed by atoms with E-state index in [2.05, 4.69) is 20.3 Å². The largest absolute Gasteiger partial charge is 0.419 e. The lowest BCUT2D eigenvalue weighted by atomic mass is 9.85. The monoisotopic (exact) mass is 518 g/mol. The highest BCUT2D eigenvalue weighted by Gasteiger charge is 2.34. The molecule has 3 heterocycles. The number of aryl methyl sites for hydroxylation is 1. The third-order valence-electron chi connectivity index (χ3n) is 6.61. The molecule has 0 aliphatic carbocycles. The van der Waals surface area contributed by atoms with Crippen LogP contribution >= 0.6 is 0 Å². The van der Waals surface area contributed by atoms with Gasteiger partial charge >= 0.3 is 6.18 Å². The summed E-state index contributed by atoms with van der Waals surface area (Å²) in [6, 6.07) is 5.01. The maximum absolute atomic E-state index is 13.2. The minimum Gasteiger partial charge on any atom is -0.366 e. The van der Waals surface area contributed by atoms with E-state index in [0.717, 1.165) is 30.8 Å². The predicted molar refractivity (Wildman–Crippen MR) is 130 cm³/mol. The number of hydrogen-bond acceptors (Lipinski definition) is 7. The number of carbonyl (C=O) groups is 2. The van der Waals surface area contributed by atoms with Crippen molar-refractivity contribution in [3.63, 3.8) is 0 Å². The summed E-state index contributed by atoms with van der Waals surface area (Å²) in [6.45, 7) is 6.21. The highest BCUT2D eigenvalue weighted by atomic mass is 19.4. The van der Waals surface area contributed by atoms with Crippen molar-refractivity contribution in [2.45, 2.75) is 45.8 Å². The van der Waals surface area contributed by atoms with Crippen molar-refractivity contribution >= 4 is 28.8 Å². The standard InChI is InChI=1S/C24H29F3N8O2/c1-23(2,7-3-4-8-35-19-13-16(20(28)36)5-6-18(19)31-32-35)21(37)33-9-11-34(12-10-33)22-29-14-17(15-30-22)24(25,26)27/h5-6,13-15H,3-4,7-12H2,1-2H3,(H2,28,36). The minimum absolute atomic E-state index is 0.0396. The van der Waals surface area contributed by atoms with Gasteiger partial charge in [0.1, 0.15) is 5.52 Å². The molecular weight excluding hydrogens is 489 g/mol.